The van der Waals surface area contributed by atoms with Crippen molar-refractivity contribution in [3.05, 3.63) is 85.8 Å². The average molecular weight is 470 g/mol. The molecule has 2 aliphatic heterocycles. The summed E-state index contributed by atoms with van der Waals surface area (Å²) < 4.78 is 3.79. The van der Waals surface area contributed by atoms with Crippen LogP contribution < -0.4 is 5.56 Å². The molecule has 2 unspecified atom stereocenters. The molecule has 0 saturated carbocycles. The maximum atomic E-state index is 13.4. The normalized spacial score (nSPS) is 23.1. The summed E-state index contributed by atoms with van der Waals surface area (Å²) in [5, 5.41) is 1.25. The Morgan fingerprint density at radius 3 is 2.31 bits per heavy atom. The van der Waals surface area contributed by atoms with Crippen LogP contribution >= 0.6 is 23.2 Å². The van der Waals surface area contributed by atoms with Crippen LogP contribution in [-0.4, -0.2) is 26.3 Å². The number of fused-ring (bicyclic) bond motifs is 2. The monoisotopic (exact) mass is 469 g/mol. The van der Waals surface area contributed by atoms with Gasteiger partial charge in [-0.1, -0.05) is 47.5 Å². The molecule has 2 atom stereocenters. The lowest BCUT2D eigenvalue weighted by Gasteiger charge is -2.39. The van der Waals surface area contributed by atoms with Crippen molar-refractivity contribution in [2.45, 2.75) is 57.7 Å². The number of hydrogen-bond donors (Lipinski definition) is 0. The number of hydrogen-bond acceptors (Lipinski definition) is 2. The fourth-order valence-electron chi connectivity index (χ4n) is 5.80. The first-order chi connectivity index (χ1) is 15.4. The largest absolute Gasteiger partial charge is 0.293 e. The zero-order valence-electron chi connectivity index (χ0n) is 18.6. The molecule has 2 saturated heterocycles. The van der Waals surface area contributed by atoms with Crippen LogP contribution in [0, 0.1) is 12.8 Å². The Morgan fingerprint density at radius 1 is 0.969 bits per heavy atom. The van der Waals surface area contributed by atoms with Crippen LogP contribution in [0.2, 0.25) is 10.0 Å². The van der Waals surface area contributed by atoms with Crippen LogP contribution in [-0.2, 0) is 20.0 Å². The third-order valence-electron chi connectivity index (χ3n) is 7.50. The number of halogens is 2. The van der Waals surface area contributed by atoms with E-state index in [-0.39, 0.29) is 5.56 Å². The van der Waals surface area contributed by atoms with Crippen molar-refractivity contribution in [1.29, 1.82) is 0 Å². The Balaban J connectivity index is 1.34. The predicted molar refractivity (Wildman–Crippen MR) is 131 cm³/mol. The molecule has 2 aromatic carbocycles. The quantitative estimate of drug-likeness (QED) is 0.474. The van der Waals surface area contributed by atoms with Gasteiger partial charge in [-0.2, -0.15) is 0 Å². The summed E-state index contributed by atoms with van der Waals surface area (Å²) in [6, 6.07) is 17.0. The molecule has 32 heavy (non-hydrogen) atoms. The van der Waals surface area contributed by atoms with E-state index in [1.807, 2.05) is 54.2 Å². The van der Waals surface area contributed by atoms with Crippen molar-refractivity contribution < 1.29 is 0 Å². The highest BCUT2D eigenvalue weighted by Crippen LogP contribution is 2.41. The fraction of sp³-hybridized carbons (Fsp3) is 0.423. The van der Waals surface area contributed by atoms with Crippen molar-refractivity contribution in [1.82, 2.24) is 14.3 Å². The van der Waals surface area contributed by atoms with Gasteiger partial charge in [-0.25, -0.2) is 4.68 Å². The van der Waals surface area contributed by atoms with Gasteiger partial charge >= 0.3 is 0 Å². The van der Waals surface area contributed by atoms with Gasteiger partial charge in [0.1, 0.15) is 0 Å². The Kier molecular flexibility index (Phi) is 5.96. The van der Waals surface area contributed by atoms with E-state index in [0.29, 0.717) is 28.0 Å². The van der Waals surface area contributed by atoms with Crippen LogP contribution in [0.25, 0.3) is 5.69 Å². The molecule has 3 aromatic rings. The lowest BCUT2D eigenvalue weighted by molar-refractivity contribution is 0.0956. The first-order valence-corrected chi connectivity index (χ1v) is 12.2. The van der Waals surface area contributed by atoms with Gasteiger partial charge < -0.3 is 0 Å². The zero-order chi connectivity index (χ0) is 22.4. The highest BCUT2D eigenvalue weighted by atomic mass is 35.5. The van der Waals surface area contributed by atoms with E-state index in [9.17, 15) is 4.79 Å². The zero-order valence-corrected chi connectivity index (χ0v) is 20.1. The topological polar surface area (TPSA) is 30.2 Å². The van der Waals surface area contributed by atoms with E-state index in [1.165, 1.54) is 31.2 Å². The van der Waals surface area contributed by atoms with Gasteiger partial charge in [0, 0.05) is 31.4 Å². The van der Waals surface area contributed by atoms with Gasteiger partial charge in [0.25, 0.3) is 5.56 Å². The molecule has 2 aliphatic rings. The van der Waals surface area contributed by atoms with E-state index in [1.54, 1.807) is 4.68 Å². The minimum atomic E-state index is 0.105. The summed E-state index contributed by atoms with van der Waals surface area (Å²) in [4.78, 5) is 16.0. The minimum absolute atomic E-state index is 0.105. The van der Waals surface area contributed by atoms with Crippen LogP contribution in [0.5, 0.6) is 0 Å². The molecule has 1 aromatic heterocycles. The van der Waals surface area contributed by atoms with E-state index in [0.717, 1.165) is 29.9 Å². The first-order valence-electron chi connectivity index (χ1n) is 11.4. The maximum Gasteiger partial charge on any atom is 0.276 e. The summed E-state index contributed by atoms with van der Waals surface area (Å²) in [5.74, 6) is 0.652. The van der Waals surface area contributed by atoms with Crippen molar-refractivity contribution >= 4 is 23.2 Å². The molecule has 0 aliphatic carbocycles. The van der Waals surface area contributed by atoms with Crippen molar-refractivity contribution in [2.75, 3.05) is 0 Å². The number of benzene rings is 2. The molecular formula is C26H29Cl2N3O. The van der Waals surface area contributed by atoms with E-state index in [2.05, 4.69) is 17.9 Å². The standard InChI is InChI=1S/C26H29Cl2N3O/c1-17-23(26(32)31(29(17)2)20-6-4-3-5-7-20)16-30-21-9-10-22(30)14-19(13-21)12-18-8-11-24(27)25(28)15-18/h3-8,11,15,19,21-22H,9-10,12-14,16H2,1-2H3. The molecule has 0 N–H and O–H groups in total. The summed E-state index contributed by atoms with van der Waals surface area (Å²) in [6.45, 7) is 2.81. The Bertz CT molecular complexity index is 1170. The fourth-order valence-corrected chi connectivity index (χ4v) is 6.12. The number of nitrogens with zero attached hydrogens (tertiary/aromatic N) is 3. The second-order valence-corrected chi connectivity index (χ2v) is 10.2. The summed E-state index contributed by atoms with van der Waals surface area (Å²) in [7, 11) is 1.98. The van der Waals surface area contributed by atoms with Gasteiger partial charge in [0.15, 0.2) is 0 Å². The number of rotatable bonds is 5. The third-order valence-corrected chi connectivity index (χ3v) is 8.24. The van der Waals surface area contributed by atoms with Crippen molar-refractivity contribution in [3.63, 3.8) is 0 Å². The van der Waals surface area contributed by atoms with Gasteiger partial charge in [0.2, 0.25) is 0 Å². The van der Waals surface area contributed by atoms with Gasteiger partial charge in [0.05, 0.1) is 21.3 Å². The molecule has 6 heteroatoms. The van der Waals surface area contributed by atoms with Gasteiger partial charge in [-0.3, -0.25) is 14.4 Å². The summed E-state index contributed by atoms with van der Waals surface area (Å²) >= 11 is 12.3. The molecule has 3 heterocycles. The predicted octanol–water partition coefficient (Wildman–Crippen LogP) is 5.78. The molecule has 2 bridgehead atoms. The van der Waals surface area contributed by atoms with Crippen molar-refractivity contribution in [2.24, 2.45) is 13.0 Å². The molecule has 168 valence electrons. The molecular weight excluding hydrogens is 441 g/mol. The third kappa shape index (κ3) is 3.93. The smallest absolute Gasteiger partial charge is 0.276 e. The van der Waals surface area contributed by atoms with E-state index >= 15 is 0 Å². The van der Waals surface area contributed by atoms with Crippen LogP contribution in [0.3, 0.4) is 0 Å². The molecule has 0 spiro atoms. The first kappa shape index (κ1) is 21.8. The van der Waals surface area contributed by atoms with Crippen molar-refractivity contribution in [3.8, 4) is 5.69 Å². The number of piperidine rings is 1. The lowest BCUT2D eigenvalue weighted by atomic mass is 9.85. The van der Waals surface area contributed by atoms with E-state index in [4.69, 9.17) is 23.2 Å². The lowest BCUT2D eigenvalue weighted by Crippen LogP contribution is -2.43. The number of para-hydroxylation sites is 1. The minimum Gasteiger partial charge on any atom is -0.293 e. The highest BCUT2D eigenvalue weighted by molar-refractivity contribution is 6.42. The van der Waals surface area contributed by atoms with Gasteiger partial charge in [-0.15, -0.1) is 0 Å². The molecule has 4 nitrogen and oxygen atoms in total. The highest BCUT2D eigenvalue weighted by Gasteiger charge is 2.41. The molecule has 0 amide bonds. The Hall–Kier alpha value is -2.01. The SMILES string of the molecule is Cc1c(CN2C3CCC2CC(Cc2ccc(Cl)c(Cl)c2)C3)c(=O)n(-c2ccccc2)n1C. The molecule has 2 fully saturated rings. The average Bonchev–Trinajstić information content (AvgIpc) is 3.14. The Labute approximate surface area is 199 Å². The molecule has 0 radical (unpaired) electrons. The number of aromatic nitrogens is 2. The summed E-state index contributed by atoms with van der Waals surface area (Å²) in [5.41, 5.74) is 4.26. The van der Waals surface area contributed by atoms with Gasteiger partial charge in [-0.05, 0) is 74.8 Å². The maximum absolute atomic E-state index is 13.4. The van der Waals surface area contributed by atoms with Crippen LogP contribution in [0.15, 0.2) is 53.3 Å². The van der Waals surface area contributed by atoms with E-state index < -0.39 is 0 Å². The second-order valence-electron chi connectivity index (χ2n) is 9.39. The molecule has 5 rings (SSSR count). The van der Waals surface area contributed by atoms with Crippen LogP contribution in [0.1, 0.15) is 42.5 Å². The van der Waals surface area contributed by atoms with Crippen LogP contribution in [0.4, 0.5) is 0 Å². The Morgan fingerprint density at radius 2 is 1.66 bits per heavy atom. The second kappa shape index (κ2) is 8.74. The summed E-state index contributed by atoms with van der Waals surface area (Å²) in [6.07, 6.45) is 5.84.